The van der Waals surface area contributed by atoms with Crippen LogP contribution in [0.4, 0.5) is 0 Å². The molecular weight excluding hydrogens is 352 g/mol. The summed E-state index contributed by atoms with van der Waals surface area (Å²) in [6.07, 6.45) is 6.74. The summed E-state index contributed by atoms with van der Waals surface area (Å²) in [6, 6.07) is 0. The van der Waals surface area contributed by atoms with Gasteiger partial charge in [-0.1, -0.05) is 13.8 Å². The van der Waals surface area contributed by atoms with Crippen LogP contribution in [0.15, 0.2) is 0 Å². The zero-order valence-corrected chi connectivity index (χ0v) is 17.5. The molecule has 7 atom stereocenters. The molecule has 4 aliphatic rings. The molecule has 4 fully saturated rings. The molecule has 154 valence electrons. The highest BCUT2D eigenvalue weighted by Gasteiger charge is 2.64. The zero-order chi connectivity index (χ0) is 20.3. The Labute approximate surface area is 168 Å². The van der Waals surface area contributed by atoms with Crippen LogP contribution in [0.25, 0.3) is 0 Å². The molecule has 0 amide bonds. The summed E-state index contributed by atoms with van der Waals surface area (Å²) in [7, 11) is 0. The Bertz CT molecular complexity index is 731. The summed E-state index contributed by atoms with van der Waals surface area (Å²) in [5, 5.41) is 17.5. The molecule has 4 rings (SSSR count). The molecule has 0 aromatic rings. The zero-order valence-electron chi connectivity index (χ0n) is 17.5. The lowest BCUT2D eigenvalue weighted by atomic mass is 9.42. The quantitative estimate of drug-likeness (QED) is 0.703. The minimum absolute atomic E-state index is 0.0146. The van der Waals surface area contributed by atoms with Gasteiger partial charge in [0.2, 0.25) is 0 Å². The Kier molecular flexibility index (Phi) is 4.79. The van der Waals surface area contributed by atoms with Crippen molar-refractivity contribution in [3.8, 4) is 0 Å². The number of carbonyl (C=O) groups excluding carboxylic acids is 2. The van der Waals surface area contributed by atoms with E-state index in [1.165, 1.54) is 6.92 Å². The molecular formula is C23H34N2O3. The highest BCUT2D eigenvalue weighted by Crippen LogP contribution is 2.65. The third kappa shape index (κ3) is 2.64. The van der Waals surface area contributed by atoms with Crippen molar-refractivity contribution in [3.63, 3.8) is 0 Å². The largest absolute Gasteiger partial charge is 0.465 e. The topological polar surface area (TPSA) is 91.1 Å². The lowest BCUT2D eigenvalue weighted by molar-refractivity contribution is -0.156. The summed E-state index contributed by atoms with van der Waals surface area (Å²) in [5.41, 5.74) is 1.06. The number of Topliss-reactive ketones (excluding diaryl/α,β-unsaturated/α-hetero) is 1. The normalized spacial score (nSPS) is 45.2. The first-order valence-corrected chi connectivity index (χ1v) is 11.1. The van der Waals surface area contributed by atoms with Gasteiger partial charge in [0.25, 0.3) is 0 Å². The fraction of sp³-hybridized carbons (Fsp3) is 0.826. The van der Waals surface area contributed by atoms with E-state index >= 15 is 0 Å². The van der Waals surface area contributed by atoms with Gasteiger partial charge in [-0.15, -0.1) is 0 Å². The van der Waals surface area contributed by atoms with E-state index < -0.39 is 0 Å². The first-order valence-electron chi connectivity index (χ1n) is 11.1. The molecule has 0 radical (unpaired) electrons. The molecule has 0 heterocycles. The van der Waals surface area contributed by atoms with Crippen molar-refractivity contribution in [2.75, 3.05) is 6.61 Å². The average Bonchev–Trinajstić information content (AvgIpc) is 2.96. The monoisotopic (exact) mass is 386 g/mol. The van der Waals surface area contributed by atoms with Crippen LogP contribution in [0.3, 0.4) is 0 Å². The molecule has 5 heteroatoms. The molecule has 4 aliphatic carbocycles. The fourth-order valence-corrected chi connectivity index (χ4v) is 7.74. The van der Waals surface area contributed by atoms with Crippen LogP contribution in [0.5, 0.6) is 0 Å². The first-order chi connectivity index (χ1) is 13.2. The summed E-state index contributed by atoms with van der Waals surface area (Å²) < 4.78 is 5.65. The molecule has 2 N–H and O–H groups in total. The number of rotatable bonds is 3. The Hall–Kier alpha value is -1.52. The van der Waals surface area contributed by atoms with E-state index in [1.54, 1.807) is 0 Å². The van der Waals surface area contributed by atoms with Gasteiger partial charge in [-0.05, 0) is 62.7 Å². The van der Waals surface area contributed by atoms with E-state index in [4.69, 9.17) is 15.6 Å². The summed E-state index contributed by atoms with van der Waals surface area (Å²) in [5.74, 6) is 1.35. The third-order valence-electron chi connectivity index (χ3n) is 9.03. The van der Waals surface area contributed by atoms with Gasteiger partial charge in [0.1, 0.15) is 5.78 Å². The van der Waals surface area contributed by atoms with E-state index in [2.05, 4.69) is 13.8 Å². The molecule has 0 aliphatic heterocycles. The smallest absolute Gasteiger partial charge is 0.302 e. The maximum Gasteiger partial charge on any atom is 0.302 e. The predicted molar refractivity (Wildman–Crippen MR) is 108 cm³/mol. The second-order valence-electron chi connectivity index (χ2n) is 10.1. The van der Waals surface area contributed by atoms with Gasteiger partial charge in [0.15, 0.2) is 0 Å². The van der Waals surface area contributed by atoms with E-state index in [9.17, 15) is 9.59 Å². The maximum absolute atomic E-state index is 12.7. The number of nitrogens with one attached hydrogen (secondary N) is 2. The van der Waals surface area contributed by atoms with Crippen molar-refractivity contribution in [1.82, 2.24) is 0 Å². The molecule has 0 spiro atoms. The highest BCUT2D eigenvalue weighted by molar-refractivity contribution is 5.95. The van der Waals surface area contributed by atoms with Gasteiger partial charge < -0.3 is 15.6 Å². The number of fused-ring (bicyclic) bond motifs is 5. The Morgan fingerprint density at radius 1 is 1.14 bits per heavy atom. The second kappa shape index (κ2) is 6.77. The average molecular weight is 387 g/mol. The van der Waals surface area contributed by atoms with Gasteiger partial charge >= 0.3 is 5.97 Å². The van der Waals surface area contributed by atoms with Gasteiger partial charge in [0, 0.05) is 47.4 Å². The van der Waals surface area contributed by atoms with E-state index in [0.717, 1.165) is 56.4 Å². The highest BCUT2D eigenvalue weighted by atomic mass is 16.5. The summed E-state index contributed by atoms with van der Waals surface area (Å²) >= 11 is 0. The molecule has 28 heavy (non-hydrogen) atoms. The van der Waals surface area contributed by atoms with Crippen molar-refractivity contribution >= 4 is 23.2 Å². The molecule has 5 nitrogen and oxygen atoms in total. The van der Waals surface area contributed by atoms with Gasteiger partial charge in [-0.3, -0.25) is 9.59 Å². The molecule has 0 saturated heterocycles. The maximum atomic E-state index is 12.7. The second-order valence-corrected chi connectivity index (χ2v) is 10.1. The predicted octanol–water partition coefficient (Wildman–Crippen LogP) is 4.43. The van der Waals surface area contributed by atoms with E-state index in [-0.39, 0.29) is 28.6 Å². The van der Waals surface area contributed by atoms with Gasteiger partial charge in [-0.25, -0.2) is 0 Å². The molecule has 0 bridgehead atoms. The molecule has 4 unspecified atom stereocenters. The minimum atomic E-state index is -0.257. The standard InChI is InChI=1S/C23H34N2O3/c1-4-14-18(24)8-10-23(12-28-13(2)26)17-7-9-22(3)16(5-6-20(22)27)15(17)11-19(25)21(14)23/h14-17,21,24-25H,4-12H2,1-3H3/t14-,15?,16?,17?,21?,22-,23-/m0/s1. The van der Waals surface area contributed by atoms with Gasteiger partial charge in [0.05, 0.1) is 6.61 Å². The van der Waals surface area contributed by atoms with Gasteiger partial charge in [-0.2, -0.15) is 0 Å². The van der Waals surface area contributed by atoms with Crippen LogP contribution < -0.4 is 0 Å². The molecule has 0 aromatic carbocycles. The fourth-order valence-electron chi connectivity index (χ4n) is 7.74. The number of carbonyl (C=O) groups is 2. The van der Waals surface area contributed by atoms with Crippen molar-refractivity contribution < 1.29 is 14.3 Å². The van der Waals surface area contributed by atoms with Crippen LogP contribution in [0.2, 0.25) is 0 Å². The number of hydrogen-bond acceptors (Lipinski definition) is 5. The van der Waals surface area contributed by atoms with Crippen LogP contribution in [0.1, 0.15) is 72.1 Å². The van der Waals surface area contributed by atoms with Crippen molar-refractivity contribution in [2.45, 2.75) is 72.1 Å². The van der Waals surface area contributed by atoms with Crippen molar-refractivity contribution in [3.05, 3.63) is 0 Å². The van der Waals surface area contributed by atoms with Crippen molar-refractivity contribution in [2.24, 2.45) is 40.4 Å². The molecule has 4 saturated carbocycles. The lowest BCUT2D eigenvalue weighted by Crippen LogP contribution is -2.61. The number of hydrogen-bond donors (Lipinski definition) is 2. The van der Waals surface area contributed by atoms with Crippen LogP contribution >= 0.6 is 0 Å². The molecule has 0 aromatic heterocycles. The van der Waals surface area contributed by atoms with E-state index in [0.29, 0.717) is 36.6 Å². The van der Waals surface area contributed by atoms with Crippen LogP contribution in [-0.2, 0) is 14.3 Å². The Balaban J connectivity index is 1.76. The third-order valence-corrected chi connectivity index (χ3v) is 9.03. The number of ketones is 1. The Morgan fingerprint density at radius 3 is 2.57 bits per heavy atom. The number of ether oxygens (including phenoxy) is 1. The number of esters is 1. The SMILES string of the molecule is CC[C@H]1C(=N)CC[C@]2(COC(C)=O)C3CC[C@]4(C)C(=O)CCC4C3CC(=N)C12. The van der Waals surface area contributed by atoms with E-state index in [1.807, 2.05) is 0 Å². The first kappa shape index (κ1) is 19.8. The minimum Gasteiger partial charge on any atom is -0.465 e. The lowest BCUT2D eigenvalue weighted by Gasteiger charge is -2.61. The van der Waals surface area contributed by atoms with Crippen LogP contribution in [0, 0.1) is 51.2 Å². The van der Waals surface area contributed by atoms with Crippen LogP contribution in [-0.4, -0.2) is 29.8 Å². The van der Waals surface area contributed by atoms with Crippen molar-refractivity contribution in [1.29, 1.82) is 10.8 Å². The summed E-state index contributed by atoms with van der Waals surface area (Å²) in [4.78, 5) is 24.4. The Morgan fingerprint density at radius 2 is 1.89 bits per heavy atom. The summed E-state index contributed by atoms with van der Waals surface area (Å²) in [6.45, 7) is 6.11.